The first-order chi connectivity index (χ1) is 9.49. The molecule has 1 heterocycles. The molecule has 0 amide bonds. The molecule has 8 heteroatoms. The summed E-state index contributed by atoms with van der Waals surface area (Å²) in [6.45, 7) is 0.424. The van der Waals surface area contributed by atoms with E-state index in [9.17, 15) is 14.5 Å². The topological polar surface area (TPSA) is 73.0 Å². The van der Waals surface area contributed by atoms with Gasteiger partial charge in [-0.25, -0.2) is 9.37 Å². The van der Waals surface area contributed by atoms with Gasteiger partial charge in [0.1, 0.15) is 17.3 Å². The van der Waals surface area contributed by atoms with Crippen LogP contribution in [0, 0.1) is 15.9 Å². The monoisotopic (exact) mass is 298 g/mol. The zero-order valence-corrected chi connectivity index (χ0v) is 11.4. The summed E-state index contributed by atoms with van der Waals surface area (Å²) in [6, 6.07) is 2.03. The van der Waals surface area contributed by atoms with Crippen molar-refractivity contribution in [3.8, 4) is 0 Å². The Morgan fingerprint density at radius 1 is 1.55 bits per heavy atom. The predicted octanol–water partition coefficient (Wildman–Crippen LogP) is 2.78. The van der Waals surface area contributed by atoms with E-state index in [1.807, 2.05) is 17.8 Å². The number of aryl methyl sites for hydroxylation is 1. The quantitative estimate of drug-likeness (QED) is 0.680. The highest BCUT2D eigenvalue weighted by atomic mass is 35.5. The van der Waals surface area contributed by atoms with Gasteiger partial charge in [-0.15, -0.1) is 0 Å². The van der Waals surface area contributed by atoms with E-state index < -0.39 is 10.7 Å². The Morgan fingerprint density at radius 2 is 2.30 bits per heavy atom. The number of nitrogens with zero attached hydrogens (tertiary/aromatic N) is 3. The molecule has 0 spiro atoms. The van der Waals surface area contributed by atoms with Gasteiger partial charge in [-0.05, 0) is 6.07 Å². The summed E-state index contributed by atoms with van der Waals surface area (Å²) in [7, 11) is 1.86. The normalized spacial score (nSPS) is 10.6. The van der Waals surface area contributed by atoms with Crippen molar-refractivity contribution < 1.29 is 9.31 Å². The zero-order valence-electron chi connectivity index (χ0n) is 10.6. The highest BCUT2D eigenvalue weighted by Crippen LogP contribution is 2.30. The van der Waals surface area contributed by atoms with E-state index >= 15 is 0 Å². The van der Waals surface area contributed by atoms with Gasteiger partial charge >= 0.3 is 0 Å². The number of nitro benzene ring substituents is 1. The molecule has 0 fully saturated rings. The largest absolute Gasteiger partial charge is 0.379 e. The molecule has 0 saturated carbocycles. The van der Waals surface area contributed by atoms with Crippen molar-refractivity contribution in [1.29, 1.82) is 0 Å². The molecule has 1 N–H and O–H groups in total. The minimum Gasteiger partial charge on any atom is -0.379 e. The Kier molecular flexibility index (Phi) is 4.19. The van der Waals surface area contributed by atoms with Crippen LogP contribution in [0.1, 0.15) is 5.82 Å². The average Bonchev–Trinajstić information content (AvgIpc) is 2.79. The lowest BCUT2D eigenvalue weighted by Gasteiger charge is -2.08. The number of benzene rings is 1. The van der Waals surface area contributed by atoms with Crippen molar-refractivity contribution in [2.75, 3.05) is 11.9 Å². The molecule has 2 aromatic rings. The van der Waals surface area contributed by atoms with Gasteiger partial charge in [0.25, 0.3) is 5.69 Å². The van der Waals surface area contributed by atoms with Crippen molar-refractivity contribution >= 4 is 23.0 Å². The van der Waals surface area contributed by atoms with Gasteiger partial charge in [0.05, 0.1) is 16.0 Å². The van der Waals surface area contributed by atoms with Crippen molar-refractivity contribution in [2.24, 2.45) is 7.05 Å². The van der Waals surface area contributed by atoms with Crippen molar-refractivity contribution in [3.05, 3.63) is 51.3 Å². The summed E-state index contributed by atoms with van der Waals surface area (Å²) in [6.07, 6.45) is 4.06. The van der Waals surface area contributed by atoms with Gasteiger partial charge in [-0.3, -0.25) is 10.1 Å². The number of anilines is 1. The number of rotatable bonds is 5. The molecule has 0 unspecified atom stereocenters. The van der Waals surface area contributed by atoms with Gasteiger partial charge in [-0.1, -0.05) is 11.6 Å². The molecule has 0 radical (unpaired) electrons. The summed E-state index contributed by atoms with van der Waals surface area (Å²) in [4.78, 5) is 14.4. The number of nitrogens with one attached hydrogen (secondary N) is 1. The summed E-state index contributed by atoms with van der Waals surface area (Å²) >= 11 is 5.64. The Morgan fingerprint density at radius 3 is 2.90 bits per heavy atom. The van der Waals surface area contributed by atoms with Crippen LogP contribution in [-0.2, 0) is 13.5 Å². The Balaban J connectivity index is 2.11. The Labute approximate surface area is 119 Å². The molecule has 0 bridgehead atoms. The lowest BCUT2D eigenvalue weighted by atomic mass is 10.2. The van der Waals surface area contributed by atoms with Crippen molar-refractivity contribution in [1.82, 2.24) is 9.55 Å². The van der Waals surface area contributed by atoms with Crippen LogP contribution in [0.3, 0.4) is 0 Å². The summed E-state index contributed by atoms with van der Waals surface area (Å²) in [5.74, 6) is 0.0291. The molecule has 0 aliphatic carbocycles. The molecule has 6 nitrogen and oxygen atoms in total. The molecular weight excluding hydrogens is 287 g/mol. The molecule has 0 aliphatic heterocycles. The number of nitro groups is 1. The highest BCUT2D eigenvalue weighted by Gasteiger charge is 2.17. The fourth-order valence-corrected chi connectivity index (χ4v) is 1.94. The lowest BCUT2D eigenvalue weighted by Crippen LogP contribution is -2.10. The van der Waals surface area contributed by atoms with E-state index in [1.165, 1.54) is 6.07 Å². The second-order valence-corrected chi connectivity index (χ2v) is 4.58. The van der Waals surface area contributed by atoms with Crippen molar-refractivity contribution in [3.63, 3.8) is 0 Å². The molecule has 20 heavy (non-hydrogen) atoms. The van der Waals surface area contributed by atoms with Crippen LogP contribution in [-0.4, -0.2) is 21.0 Å². The summed E-state index contributed by atoms with van der Waals surface area (Å²) < 4.78 is 15.1. The van der Waals surface area contributed by atoms with Gasteiger partial charge < -0.3 is 9.88 Å². The third kappa shape index (κ3) is 3.05. The smallest absolute Gasteiger partial charge is 0.295 e. The molecular formula is C12H12ClFN4O2. The van der Waals surface area contributed by atoms with Crippen LogP contribution >= 0.6 is 11.6 Å². The van der Waals surface area contributed by atoms with Gasteiger partial charge in [0, 0.05) is 32.4 Å². The van der Waals surface area contributed by atoms with Gasteiger partial charge in [0.15, 0.2) is 0 Å². The number of hydrogen-bond acceptors (Lipinski definition) is 4. The maximum Gasteiger partial charge on any atom is 0.295 e. The minimum atomic E-state index is -0.812. The number of imidazole rings is 1. The minimum absolute atomic E-state index is 0.157. The van der Waals surface area contributed by atoms with Crippen LogP contribution in [0.2, 0.25) is 5.02 Å². The van der Waals surface area contributed by atoms with Crippen LogP contribution in [0.25, 0.3) is 0 Å². The second-order valence-electron chi connectivity index (χ2n) is 4.17. The SMILES string of the molecule is Cn1ccnc1CCNc1cc(Cl)c(F)cc1[N+](=O)[O-]. The maximum atomic E-state index is 13.2. The molecule has 0 aliphatic rings. The van der Waals surface area contributed by atoms with Gasteiger partial charge in [0.2, 0.25) is 0 Å². The summed E-state index contributed by atoms with van der Waals surface area (Å²) in [5, 5.41) is 13.6. The Hall–Kier alpha value is -2.15. The molecule has 2 rings (SSSR count). The number of halogens is 2. The first-order valence-electron chi connectivity index (χ1n) is 5.82. The predicted molar refractivity (Wildman–Crippen MR) is 73.5 cm³/mol. The molecule has 1 aromatic heterocycles. The molecule has 106 valence electrons. The van der Waals surface area contributed by atoms with Crippen molar-refractivity contribution in [2.45, 2.75) is 6.42 Å². The van der Waals surface area contributed by atoms with E-state index in [1.54, 1.807) is 6.20 Å². The fourth-order valence-electron chi connectivity index (χ4n) is 1.78. The number of hydrogen-bond donors (Lipinski definition) is 1. The molecule has 0 saturated heterocycles. The fraction of sp³-hybridized carbons (Fsp3) is 0.250. The third-order valence-corrected chi connectivity index (χ3v) is 3.11. The highest BCUT2D eigenvalue weighted by molar-refractivity contribution is 6.31. The van der Waals surface area contributed by atoms with E-state index in [2.05, 4.69) is 10.3 Å². The van der Waals surface area contributed by atoms with Crippen LogP contribution < -0.4 is 5.32 Å². The maximum absolute atomic E-state index is 13.2. The van der Waals surface area contributed by atoms with Crippen LogP contribution in [0.5, 0.6) is 0 Å². The first kappa shape index (κ1) is 14.3. The Bertz CT molecular complexity index is 644. The zero-order chi connectivity index (χ0) is 14.7. The standard InChI is InChI=1S/C12H12ClFN4O2/c1-17-5-4-16-12(17)2-3-15-10-6-8(13)9(14)7-11(10)18(19)20/h4-7,15H,2-3H2,1H3. The average molecular weight is 299 g/mol. The third-order valence-electron chi connectivity index (χ3n) is 2.82. The van der Waals surface area contributed by atoms with E-state index in [0.29, 0.717) is 13.0 Å². The first-order valence-corrected chi connectivity index (χ1v) is 6.20. The van der Waals surface area contributed by atoms with Gasteiger partial charge in [-0.2, -0.15) is 0 Å². The number of aromatic nitrogens is 2. The van der Waals surface area contributed by atoms with E-state index in [-0.39, 0.29) is 16.4 Å². The van der Waals surface area contributed by atoms with E-state index in [4.69, 9.17) is 11.6 Å². The second kappa shape index (κ2) is 5.87. The lowest BCUT2D eigenvalue weighted by molar-refractivity contribution is -0.384. The molecule has 1 aromatic carbocycles. The van der Waals surface area contributed by atoms with Crippen LogP contribution in [0.4, 0.5) is 15.8 Å². The summed E-state index contributed by atoms with van der Waals surface area (Å²) in [5.41, 5.74) is -0.151. The van der Waals surface area contributed by atoms with Crippen LogP contribution in [0.15, 0.2) is 24.5 Å². The van der Waals surface area contributed by atoms with E-state index in [0.717, 1.165) is 11.9 Å². The molecule has 0 atom stereocenters.